The van der Waals surface area contributed by atoms with Gasteiger partial charge >= 0.3 is 0 Å². The van der Waals surface area contributed by atoms with Crippen LogP contribution in [0.15, 0.2) is 83.0 Å². The molecule has 2 aromatic carbocycles. The Bertz CT molecular complexity index is 957. The van der Waals surface area contributed by atoms with E-state index in [1.165, 1.54) is 11.1 Å². The first-order chi connectivity index (χ1) is 13.7. The van der Waals surface area contributed by atoms with Crippen LogP contribution in [0, 0.1) is 0 Å². The standard InChI is InChI=1S/C25H25NO2/c1-19(17-20-9-3-2-4-10-20)18-26(25(27)24-15-8-16-28-24)23-14-7-12-21-11-5-6-13-22(21)23/h2-6,8-11,13,15-17,23H,7,12,14,18H2,1H3/b19-17+. The molecule has 4 rings (SSSR count). The van der Waals surface area contributed by atoms with Gasteiger partial charge in [-0.15, -0.1) is 0 Å². The molecule has 3 aromatic rings. The molecule has 0 N–H and O–H groups in total. The monoisotopic (exact) mass is 371 g/mol. The molecule has 0 saturated heterocycles. The molecule has 0 spiro atoms. The Morgan fingerprint density at radius 1 is 1.07 bits per heavy atom. The van der Waals surface area contributed by atoms with Crippen LogP contribution in [0.1, 0.15) is 53.1 Å². The van der Waals surface area contributed by atoms with Gasteiger partial charge in [0.1, 0.15) is 0 Å². The van der Waals surface area contributed by atoms with E-state index < -0.39 is 0 Å². The van der Waals surface area contributed by atoms with Gasteiger partial charge in [0.2, 0.25) is 0 Å². The molecule has 1 heterocycles. The Kier molecular flexibility index (Phi) is 5.43. The van der Waals surface area contributed by atoms with Crippen molar-refractivity contribution >= 4 is 12.0 Å². The second-order valence-corrected chi connectivity index (χ2v) is 7.42. The van der Waals surface area contributed by atoms with Crippen molar-refractivity contribution in [2.45, 2.75) is 32.2 Å². The summed E-state index contributed by atoms with van der Waals surface area (Å²) >= 11 is 0. The van der Waals surface area contributed by atoms with Gasteiger partial charge in [-0.05, 0) is 55.0 Å². The number of amides is 1. The van der Waals surface area contributed by atoms with E-state index in [0.29, 0.717) is 12.3 Å². The number of nitrogens with zero attached hydrogens (tertiary/aromatic N) is 1. The summed E-state index contributed by atoms with van der Waals surface area (Å²) in [7, 11) is 0. The zero-order valence-electron chi connectivity index (χ0n) is 16.2. The lowest BCUT2D eigenvalue weighted by Crippen LogP contribution is -2.37. The van der Waals surface area contributed by atoms with E-state index >= 15 is 0 Å². The van der Waals surface area contributed by atoms with Crippen LogP contribution in [0.25, 0.3) is 6.08 Å². The van der Waals surface area contributed by atoms with Crippen molar-refractivity contribution < 1.29 is 9.21 Å². The van der Waals surface area contributed by atoms with Gasteiger partial charge in [0.15, 0.2) is 5.76 Å². The zero-order chi connectivity index (χ0) is 19.3. The van der Waals surface area contributed by atoms with Gasteiger partial charge in [0.25, 0.3) is 5.91 Å². The summed E-state index contributed by atoms with van der Waals surface area (Å²) in [6.07, 6.45) is 6.85. The number of benzene rings is 2. The molecule has 0 aliphatic heterocycles. The van der Waals surface area contributed by atoms with E-state index in [4.69, 9.17) is 4.42 Å². The quantitative estimate of drug-likeness (QED) is 0.559. The van der Waals surface area contributed by atoms with Crippen molar-refractivity contribution in [3.8, 4) is 0 Å². The highest BCUT2D eigenvalue weighted by Crippen LogP contribution is 2.35. The first-order valence-corrected chi connectivity index (χ1v) is 9.87. The number of hydrogen-bond donors (Lipinski definition) is 0. The topological polar surface area (TPSA) is 33.5 Å². The molecule has 1 aromatic heterocycles. The molecule has 1 unspecified atom stereocenters. The molecule has 0 bridgehead atoms. The molecule has 1 aliphatic carbocycles. The molecular formula is C25H25NO2. The lowest BCUT2D eigenvalue weighted by atomic mass is 9.86. The summed E-state index contributed by atoms with van der Waals surface area (Å²) in [4.78, 5) is 15.3. The predicted molar refractivity (Wildman–Crippen MR) is 112 cm³/mol. The maximum Gasteiger partial charge on any atom is 0.290 e. The molecule has 28 heavy (non-hydrogen) atoms. The number of fused-ring (bicyclic) bond motifs is 1. The van der Waals surface area contributed by atoms with Gasteiger partial charge in [0.05, 0.1) is 12.3 Å². The number of carbonyl (C=O) groups excluding carboxylic acids is 1. The normalized spacial score (nSPS) is 16.5. The fourth-order valence-electron chi connectivity index (χ4n) is 4.07. The minimum absolute atomic E-state index is 0.0486. The minimum Gasteiger partial charge on any atom is -0.459 e. The number of rotatable bonds is 5. The molecular weight excluding hydrogens is 346 g/mol. The number of aryl methyl sites for hydroxylation is 1. The minimum atomic E-state index is -0.0486. The average molecular weight is 371 g/mol. The van der Waals surface area contributed by atoms with Gasteiger partial charge < -0.3 is 9.32 Å². The molecule has 0 saturated carbocycles. The lowest BCUT2D eigenvalue weighted by molar-refractivity contribution is 0.0646. The predicted octanol–water partition coefficient (Wildman–Crippen LogP) is 5.90. The third-order valence-corrected chi connectivity index (χ3v) is 5.34. The van der Waals surface area contributed by atoms with Crippen molar-refractivity contribution in [2.24, 2.45) is 0 Å². The molecule has 1 amide bonds. The van der Waals surface area contributed by atoms with Crippen molar-refractivity contribution in [3.63, 3.8) is 0 Å². The van der Waals surface area contributed by atoms with Gasteiger partial charge in [-0.2, -0.15) is 0 Å². The summed E-state index contributed by atoms with van der Waals surface area (Å²) in [5.74, 6) is 0.350. The van der Waals surface area contributed by atoms with E-state index in [2.05, 4.69) is 49.4 Å². The first-order valence-electron chi connectivity index (χ1n) is 9.87. The highest BCUT2D eigenvalue weighted by Gasteiger charge is 2.30. The van der Waals surface area contributed by atoms with Crippen LogP contribution in [0.5, 0.6) is 0 Å². The molecule has 1 aliphatic rings. The van der Waals surface area contributed by atoms with Crippen molar-refractivity contribution in [3.05, 3.63) is 101 Å². The maximum absolute atomic E-state index is 13.3. The van der Waals surface area contributed by atoms with E-state index in [1.54, 1.807) is 18.4 Å². The zero-order valence-corrected chi connectivity index (χ0v) is 16.2. The Morgan fingerprint density at radius 2 is 1.86 bits per heavy atom. The second kappa shape index (κ2) is 8.30. The van der Waals surface area contributed by atoms with E-state index in [9.17, 15) is 4.79 Å². The Labute approximate surface area is 166 Å². The lowest BCUT2D eigenvalue weighted by Gasteiger charge is -2.36. The van der Waals surface area contributed by atoms with Crippen LogP contribution in [-0.4, -0.2) is 17.4 Å². The van der Waals surface area contributed by atoms with Crippen molar-refractivity contribution in [1.82, 2.24) is 4.90 Å². The fraction of sp³-hybridized carbons (Fsp3) is 0.240. The molecule has 0 radical (unpaired) electrons. The molecule has 3 nitrogen and oxygen atoms in total. The van der Waals surface area contributed by atoms with Crippen molar-refractivity contribution in [2.75, 3.05) is 6.54 Å². The summed E-state index contributed by atoms with van der Waals surface area (Å²) < 4.78 is 5.44. The summed E-state index contributed by atoms with van der Waals surface area (Å²) in [5.41, 5.74) is 4.91. The highest BCUT2D eigenvalue weighted by atomic mass is 16.3. The average Bonchev–Trinajstić information content (AvgIpc) is 3.27. The maximum atomic E-state index is 13.3. The summed E-state index contributed by atoms with van der Waals surface area (Å²) in [6, 6.07) is 22.3. The Balaban J connectivity index is 1.67. The van der Waals surface area contributed by atoms with E-state index in [-0.39, 0.29) is 11.9 Å². The third-order valence-electron chi connectivity index (χ3n) is 5.34. The van der Waals surface area contributed by atoms with Crippen molar-refractivity contribution in [1.29, 1.82) is 0 Å². The third kappa shape index (κ3) is 3.94. The van der Waals surface area contributed by atoms with Gasteiger partial charge in [-0.1, -0.05) is 66.2 Å². The first kappa shape index (κ1) is 18.3. The van der Waals surface area contributed by atoms with E-state index in [1.807, 2.05) is 23.1 Å². The molecule has 142 valence electrons. The number of furan rings is 1. The number of hydrogen-bond acceptors (Lipinski definition) is 2. The highest BCUT2D eigenvalue weighted by molar-refractivity contribution is 5.92. The van der Waals surface area contributed by atoms with Crippen LogP contribution in [0.2, 0.25) is 0 Å². The van der Waals surface area contributed by atoms with Gasteiger partial charge in [-0.25, -0.2) is 0 Å². The summed E-state index contributed by atoms with van der Waals surface area (Å²) in [5, 5.41) is 0. The van der Waals surface area contributed by atoms with Crippen LogP contribution >= 0.6 is 0 Å². The number of carbonyl (C=O) groups is 1. The molecule has 1 atom stereocenters. The smallest absolute Gasteiger partial charge is 0.290 e. The molecule has 0 fully saturated rings. The van der Waals surface area contributed by atoms with Crippen LogP contribution < -0.4 is 0 Å². The van der Waals surface area contributed by atoms with Crippen LogP contribution in [0.3, 0.4) is 0 Å². The second-order valence-electron chi connectivity index (χ2n) is 7.42. The summed E-state index contributed by atoms with van der Waals surface area (Å²) in [6.45, 7) is 2.66. The largest absolute Gasteiger partial charge is 0.459 e. The van der Waals surface area contributed by atoms with E-state index in [0.717, 1.165) is 30.4 Å². The fourth-order valence-corrected chi connectivity index (χ4v) is 4.07. The van der Waals surface area contributed by atoms with Gasteiger partial charge in [-0.3, -0.25) is 4.79 Å². The SMILES string of the molecule is C/C(=C\c1ccccc1)CN(C(=O)c1ccco1)C1CCCc2ccccc21. The van der Waals surface area contributed by atoms with Crippen LogP contribution in [0.4, 0.5) is 0 Å². The van der Waals surface area contributed by atoms with Crippen LogP contribution in [-0.2, 0) is 6.42 Å². The Morgan fingerprint density at radius 3 is 2.64 bits per heavy atom. The Hall–Kier alpha value is -3.07. The van der Waals surface area contributed by atoms with Gasteiger partial charge in [0, 0.05) is 6.54 Å². The molecule has 3 heteroatoms.